The molecular weight excluding hydrogens is 342 g/mol. The van der Waals surface area contributed by atoms with E-state index in [2.05, 4.69) is 45.5 Å². The van der Waals surface area contributed by atoms with E-state index in [0.717, 1.165) is 34.8 Å². The standard InChI is InChI=1S/C21H17N3OS/c1-12-3-4-14(11-22-12)18-9-16-19(26-18)10-17-20(23-24-21(16)17)13-5-7-15(25-2)8-6-13/h3-9,11H,10H2,1-2H3,(H,23,24). The first-order valence-electron chi connectivity index (χ1n) is 8.50. The lowest BCUT2D eigenvalue weighted by molar-refractivity contribution is 0.415. The van der Waals surface area contributed by atoms with Crippen molar-refractivity contribution in [3.63, 3.8) is 0 Å². The highest BCUT2D eigenvalue weighted by Crippen LogP contribution is 2.46. The van der Waals surface area contributed by atoms with Gasteiger partial charge in [0.1, 0.15) is 5.75 Å². The Morgan fingerprint density at radius 1 is 1.08 bits per heavy atom. The van der Waals surface area contributed by atoms with Gasteiger partial charge in [-0.3, -0.25) is 10.1 Å². The van der Waals surface area contributed by atoms with Crippen LogP contribution >= 0.6 is 11.3 Å². The Morgan fingerprint density at radius 2 is 1.88 bits per heavy atom. The molecule has 0 radical (unpaired) electrons. The molecule has 0 saturated carbocycles. The zero-order valence-electron chi connectivity index (χ0n) is 14.5. The molecule has 1 N–H and O–H groups in total. The number of pyridine rings is 1. The quantitative estimate of drug-likeness (QED) is 0.488. The molecule has 0 bridgehead atoms. The lowest BCUT2D eigenvalue weighted by Gasteiger charge is -2.02. The molecule has 0 aliphatic heterocycles. The normalized spacial score (nSPS) is 12.1. The van der Waals surface area contributed by atoms with Crippen LogP contribution < -0.4 is 4.74 Å². The summed E-state index contributed by atoms with van der Waals surface area (Å²) < 4.78 is 5.25. The highest BCUT2D eigenvalue weighted by molar-refractivity contribution is 7.16. The molecule has 0 fully saturated rings. The smallest absolute Gasteiger partial charge is 0.118 e. The van der Waals surface area contributed by atoms with Gasteiger partial charge in [0.25, 0.3) is 0 Å². The van der Waals surface area contributed by atoms with Crippen molar-refractivity contribution in [1.82, 2.24) is 15.2 Å². The monoisotopic (exact) mass is 359 g/mol. The van der Waals surface area contributed by atoms with Gasteiger partial charge in [-0.2, -0.15) is 5.10 Å². The van der Waals surface area contributed by atoms with Crippen molar-refractivity contribution in [3.8, 4) is 38.7 Å². The Morgan fingerprint density at radius 3 is 2.62 bits per heavy atom. The lowest BCUT2D eigenvalue weighted by Crippen LogP contribution is -1.86. The second-order valence-corrected chi connectivity index (χ2v) is 7.60. The average molecular weight is 359 g/mol. The first kappa shape index (κ1) is 15.3. The van der Waals surface area contributed by atoms with Crippen molar-refractivity contribution in [2.24, 2.45) is 0 Å². The van der Waals surface area contributed by atoms with Gasteiger partial charge in [-0.05, 0) is 43.3 Å². The molecular formula is C21H17N3OS. The van der Waals surface area contributed by atoms with Crippen LogP contribution in [0.3, 0.4) is 0 Å². The van der Waals surface area contributed by atoms with E-state index in [9.17, 15) is 0 Å². The van der Waals surface area contributed by atoms with Gasteiger partial charge >= 0.3 is 0 Å². The number of methoxy groups -OCH3 is 1. The van der Waals surface area contributed by atoms with Crippen molar-refractivity contribution < 1.29 is 4.74 Å². The Balaban J connectivity index is 1.52. The third-order valence-electron chi connectivity index (χ3n) is 4.84. The number of hydrogen-bond acceptors (Lipinski definition) is 4. The lowest BCUT2D eigenvalue weighted by atomic mass is 10.1. The summed E-state index contributed by atoms with van der Waals surface area (Å²) in [6.45, 7) is 2.01. The third-order valence-corrected chi connectivity index (χ3v) is 6.03. The molecule has 1 aromatic carbocycles. The number of aromatic amines is 1. The van der Waals surface area contributed by atoms with Gasteiger partial charge in [0.15, 0.2) is 0 Å². The molecule has 1 aliphatic rings. The van der Waals surface area contributed by atoms with Gasteiger partial charge < -0.3 is 4.74 Å². The maximum absolute atomic E-state index is 5.25. The summed E-state index contributed by atoms with van der Waals surface area (Å²) in [7, 11) is 1.68. The zero-order valence-corrected chi connectivity index (χ0v) is 15.4. The van der Waals surface area contributed by atoms with Crippen molar-refractivity contribution >= 4 is 11.3 Å². The first-order valence-corrected chi connectivity index (χ1v) is 9.32. The molecule has 0 atom stereocenters. The van der Waals surface area contributed by atoms with Crippen LogP contribution in [0.25, 0.3) is 33.0 Å². The molecule has 0 spiro atoms. The molecule has 1 aliphatic carbocycles. The van der Waals surface area contributed by atoms with Crippen molar-refractivity contribution in [2.45, 2.75) is 13.3 Å². The Hall–Kier alpha value is -2.92. The number of aryl methyl sites for hydroxylation is 1. The van der Waals surface area contributed by atoms with Crippen LogP contribution in [0.5, 0.6) is 5.75 Å². The Kier molecular flexibility index (Phi) is 3.43. The predicted molar refractivity (Wildman–Crippen MR) is 105 cm³/mol. The van der Waals surface area contributed by atoms with Crippen molar-refractivity contribution in [3.05, 3.63) is 64.8 Å². The maximum atomic E-state index is 5.25. The second-order valence-electron chi connectivity index (χ2n) is 6.47. The number of fused-ring (bicyclic) bond motifs is 3. The number of benzene rings is 1. The number of nitrogens with zero attached hydrogens (tertiary/aromatic N) is 2. The fraction of sp³-hybridized carbons (Fsp3) is 0.143. The number of nitrogens with one attached hydrogen (secondary N) is 1. The van der Waals surface area contributed by atoms with Crippen LogP contribution in [-0.4, -0.2) is 22.3 Å². The highest BCUT2D eigenvalue weighted by Gasteiger charge is 2.27. The number of aromatic nitrogens is 3. The van der Waals surface area contributed by atoms with Gasteiger partial charge in [-0.25, -0.2) is 0 Å². The molecule has 3 aromatic heterocycles. The second kappa shape index (κ2) is 5.81. The summed E-state index contributed by atoms with van der Waals surface area (Å²) in [5.74, 6) is 0.858. The van der Waals surface area contributed by atoms with Crippen molar-refractivity contribution in [1.29, 1.82) is 0 Å². The SMILES string of the molecule is COc1ccc(-c2n[nH]c3c2Cc2sc(-c4ccc(C)nc4)cc2-3)cc1. The molecule has 0 amide bonds. The fourth-order valence-corrected chi connectivity index (χ4v) is 4.60. The Labute approximate surface area is 155 Å². The first-order chi connectivity index (χ1) is 12.7. The molecule has 4 aromatic rings. The largest absolute Gasteiger partial charge is 0.497 e. The topological polar surface area (TPSA) is 50.8 Å². The van der Waals surface area contributed by atoms with E-state index in [-0.39, 0.29) is 0 Å². The van der Waals surface area contributed by atoms with Crippen LogP contribution in [0.15, 0.2) is 48.7 Å². The zero-order chi connectivity index (χ0) is 17.7. The van der Waals surface area contributed by atoms with Gasteiger partial charge in [0, 0.05) is 50.3 Å². The molecule has 128 valence electrons. The number of H-pyrrole nitrogens is 1. The van der Waals surface area contributed by atoms with Crippen LogP contribution in [0.1, 0.15) is 16.1 Å². The van der Waals surface area contributed by atoms with Crippen molar-refractivity contribution in [2.75, 3.05) is 7.11 Å². The van der Waals surface area contributed by atoms with E-state index >= 15 is 0 Å². The number of hydrogen-bond donors (Lipinski definition) is 1. The maximum Gasteiger partial charge on any atom is 0.118 e. The predicted octanol–water partition coefficient (Wildman–Crippen LogP) is 5.09. The van der Waals surface area contributed by atoms with Crippen LogP contribution in [0, 0.1) is 6.92 Å². The van der Waals surface area contributed by atoms with E-state index in [1.807, 2.05) is 36.6 Å². The van der Waals surface area contributed by atoms with Crippen LogP contribution in [0.4, 0.5) is 0 Å². The molecule has 0 saturated heterocycles. The fourth-order valence-electron chi connectivity index (χ4n) is 3.44. The van der Waals surface area contributed by atoms with Gasteiger partial charge in [0.05, 0.1) is 18.5 Å². The van der Waals surface area contributed by atoms with E-state index in [4.69, 9.17) is 4.74 Å². The molecule has 0 unspecified atom stereocenters. The summed E-state index contributed by atoms with van der Waals surface area (Å²) in [6, 6.07) is 14.5. The summed E-state index contributed by atoms with van der Waals surface area (Å²) in [5.41, 5.74) is 8.06. The van der Waals surface area contributed by atoms with E-state index in [1.165, 1.54) is 26.4 Å². The van der Waals surface area contributed by atoms with Gasteiger partial charge in [-0.1, -0.05) is 6.07 Å². The minimum atomic E-state index is 0.858. The summed E-state index contributed by atoms with van der Waals surface area (Å²) in [4.78, 5) is 7.06. The van der Waals surface area contributed by atoms with E-state index in [0.29, 0.717) is 0 Å². The number of thiophene rings is 1. The minimum absolute atomic E-state index is 0.858. The molecule has 5 rings (SSSR count). The summed E-state index contributed by atoms with van der Waals surface area (Å²) in [5, 5.41) is 7.84. The number of ether oxygens (including phenoxy) is 1. The molecule has 26 heavy (non-hydrogen) atoms. The highest BCUT2D eigenvalue weighted by atomic mass is 32.1. The average Bonchev–Trinajstić information content (AvgIpc) is 3.33. The Bertz CT molecular complexity index is 1090. The summed E-state index contributed by atoms with van der Waals surface area (Å²) in [6.07, 6.45) is 2.87. The molecule has 3 heterocycles. The van der Waals surface area contributed by atoms with Crippen LogP contribution in [-0.2, 0) is 6.42 Å². The van der Waals surface area contributed by atoms with E-state index < -0.39 is 0 Å². The number of rotatable bonds is 3. The molecule has 5 heteroatoms. The van der Waals surface area contributed by atoms with E-state index in [1.54, 1.807) is 7.11 Å². The summed E-state index contributed by atoms with van der Waals surface area (Å²) >= 11 is 1.84. The molecule has 4 nitrogen and oxygen atoms in total. The third kappa shape index (κ3) is 2.35. The van der Waals surface area contributed by atoms with Gasteiger partial charge in [-0.15, -0.1) is 11.3 Å². The van der Waals surface area contributed by atoms with Gasteiger partial charge in [0.2, 0.25) is 0 Å². The minimum Gasteiger partial charge on any atom is -0.497 e. The van der Waals surface area contributed by atoms with Crippen LogP contribution in [0.2, 0.25) is 0 Å².